The van der Waals surface area contributed by atoms with E-state index in [1.54, 1.807) is 0 Å². The van der Waals surface area contributed by atoms with Crippen molar-refractivity contribution in [1.29, 1.82) is 0 Å². The van der Waals surface area contributed by atoms with Gasteiger partial charge in [0.15, 0.2) is 5.82 Å². The van der Waals surface area contributed by atoms with Crippen molar-refractivity contribution in [3.63, 3.8) is 0 Å². The minimum absolute atomic E-state index is 0.0649. The van der Waals surface area contributed by atoms with Gasteiger partial charge in [-0.3, -0.25) is 4.79 Å². The maximum Gasteiger partial charge on any atom is 0.227 e. The number of nitrogens with zero attached hydrogens (tertiary/aromatic N) is 4. The zero-order valence-corrected chi connectivity index (χ0v) is 14.3. The molecule has 2 atom stereocenters. The number of carbonyl (C=O) groups excluding carboxylic acids is 1. The van der Waals surface area contributed by atoms with Crippen LogP contribution in [-0.2, 0) is 24.3 Å². The van der Waals surface area contributed by atoms with E-state index in [1.807, 2.05) is 11.9 Å². The monoisotopic (exact) mass is 302 g/mol. The minimum atomic E-state index is 0.0649. The number of aryl methyl sites for hydroxylation is 1. The minimum Gasteiger partial charge on any atom is -0.338 e. The van der Waals surface area contributed by atoms with Gasteiger partial charge in [-0.2, -0.15) is 0 Å². The molecular formula is C17H26N4O. The molecule has 2 aliphatic rings. The predicted octanol–water partition coefficient (Wildman–Crippen LogP) is 2.42. The van der Waals surface area contributed by atoms with Crippen LogP contribution in [0.1, 0.15) is 45.8 Å². The lowest BCUT2D eigenvalue weighted by atomic mass is 10.1. The Morgan fingerprint density at radius 1 is 1.41 bits per heavy atom. The first-order chi connectivity index (χ1) is 10.3. The number of hydrogen-bond donors (Lipinski definition) is 0. The molecule has 0 bridgehead atoms. The molecule has 1 fully saturated rings. The summed E-state index contributed by atoms with van der Waals surface area (Å²) in [5, 5.41) is 8.47. The average molecular weight is 302 g/mol. The summed E-state index contributed by atoms with van der Waals surface area (Å²) in [6.45, 7) is 10.1. The van der Waals surface area contributed by atoms with Gasteiger partial charge < -0.3 is 9.47 Å². The summed E-state index contributed by atoms with van der Waals surface area (Å²) in [6.07, 6.45) is 4.38. The molecule has 5 heteroatoms. The Hall–Kier alpha value is -1.65. The van der Waals surface area contributed by atoms with Crippen LogP contribution < -0.4 is 0 Å². The summed E-state index contributed by atoms with van der Waals surface area (Å²) in [4.78, 5) is 14.6. The first kappa shape index (κ1) is 15.3. The lowest BCUT2D eigenvalue weighted by molar-refractivity contribution is -0.132. The molecule has 2 heterocycles. The number of fused-ring (bicyclic) bond motifs is 1. The van der Waals surface area contributed by atoms with Crippen LogP contribution in [0, 0.1) is 17.3 Å². The Labute approximate surface area is 132 Å². The van der Waals surface area contributed by atoms with E-state index in [-0.39, 0.29) is 17.2 Å². The van der Waals surface area contributed by atoms with Gasteiger partial charge in [0.1, 0.15) is 5.82 Å². The van der Waals surface area contributed by atoms with Gasteiger partial charge in [-0.05, 0) is 31.6 Å². The summed E-state index contributed by atoms with van der Waals surface area (Å²) in [5.41, 5.74) is 1.35. The van der Waals surface area contributed by atoms with Crippen LogP contribution in [0.2, 0.25) is 0 Å². The first-order valence-electron chi connectivity index (χ1n) is 8.13. The Morgan fingerprint density at radius 2 is 2.14 bits per heavy atom. The Morgan fingerprint density at radius 3 is 2.82 bits per heavy atom. The molecular weight excluding hydrogens is 276 g/mol. The summed E-state index contributed by atoms with van der Waals surface area (Å²) in [7, 11) is 1.88. The van der Waals surface area contributed by atoms with Crippen LogP contribution in [0.4, 0.5) is 0 Å². The molecule has 3 rings (SSSR count). The van der Waals surface area contributed by atoms with Crippen LogP contribution in [0.5, 0.6) is 0 Å². The molecule has 0 unspecified atom stereocenters. The van der Waals surface area contributed by atoms with E-state index in [1.165, 1.54) is 5.57 Å². The largest absolute Gasteiger partial charge is 0.338 e. The summed E-state index contributed by atoms with van der Waals surface area (Å²) in [5.74, 6) is 2.65. The molecule has 1 saturated carbocycles. The SMILES string of the molecule is CC(C)=C[C@@H]1[C@@H](C(=O)N(C)Cc2nnc3n2CCC3)C1(C)C. The van der Waals surface area contributed by atoms with E-state index in [0.717, 1.165) is 31.0 Å². The lowest BCUT2D eigenvalue weighted by Gasteiger charge is -2.17. The Balaban J connectivity index is 1.69. The number of hydrogen-bond acceptors (Lipinski definition) is 3. The van der Waals surface area contributed by atoms with Crippen LogP contribution >= 0.6 is 0 Å². The third-order valence-electron chi connectivity index (χ3n) is 5.13. The van der Waals surface area contributed by atoms with Crippen molar-refractivity contribution in [2.75, 3.05) is 7.05 Å². The van der Waals surface area contributed by atoms with E-state index < -0.39 is 0 Å². The zero-order chi connectivity index (χ0) is 16.1. The second-order valence-electron chi connectivity index (χ2n) is 7.55. The fraction of sp³-hybridized carbons (Fsp3) is 0.706. The van der Waals surface area contributed by atoms with Crippen molar-refractivity contribution in [2.24, 2.45) is 17.3 Å². The predicted molar refractivity (Wildman–Crippen MR) is 85.0 cm³/mol. The van der Waals surface area contributed by atoms with Gasteiger partial charge in [-0.1, -0.05) is 25.5 Å². The van der Waals surface area contributed by atoms with Gasteiger partial charge in [0.25, 0.3) is 0 Å². The van der Waals surface area contributed by atoms with E-state index in [0.29, 0.717) is 12.5 Å². The van der Waals surface area contributed by atoms with Crippen molar-refractivity contribution in [3.05, 3.63) is 23.3 Å². The van der Waals surface area contributed by atoms with E-state index in [2.05, 4.69) is 48.5 Å². The summed E-state index contributed by atoms with van der Waals surface area (Å²) in [6, 6.07) is 0. The highest BCUT2D eigenvalue weighted by Crippen LogP contribution is 2.60. The van der Waals surface area contributed by atoms with Gasteiger partial charge in [0.2, 0.25) is 5.91 Å². The van der Waals surface area contributed by atoms with E-state index in [4.69, 9.17) is 0 Å². The number of allylic oxidation sites excluding steroid dienone is 2. The van der Waals surface area contributed by atoms with Crippen molar-refractivity contribution in [1.82, 2.24) is 19.7 Å². The highest BCUT2D eigenvalue weighted by Gasteiger charge is 2.60. The van der Waals surface area contributed by atoms with E-state index >= 15 is 0 Å². The van der Waals surface area contributed by atoms with Gasteiger partial charge in [-0.25, -0.2) is 0 Å². The van der Waals surface area contributed by atoms with Crippen LogP contribution in [0.3, 0.4) is 0 Å². The van der Waals surface area contributed by atoms with Crippen LogP contribution in [0.25, 0.3) is 0 Å². The number of carbonyl (C=O) groups is 1. The average Bonchev–Trinajstić information content (AvgIpc) is 2.83. The van der Waals surface area contributed by atoms with Gasteiger partial charge in [-0.15, -0.1) is 10.2 Å². The second kappa shape index (κ2) is 5.21. The van der Waals surface area contributed by atoms with Crippen LogP contribution in [-0.4, -0.2) is 32.6 Å². The molecule has 1 aromatic rings. The van der Waals surface area contributed by atoms with Gasteiger partial charge in [0, 0.05) is 20.0 Å². The molecule has 0 radical (unpaired) electrons. The summed E-state index contributed by atoms with van der Waals surface area (Å²) >= 11 is 0. The molecule has 0 N–H and O–H groups in total. The van der Waals surface area contributed by atoms with Crippen molar-refractivity contribution >= 4 is 5.91 Å². The molecule has 0 saturated heterocycles. The molecule has 1 amide bonds. The summed E-state index contributed by atoms with van der Waals surface area (Å²) < 4.78 is 2.16. The van der Waals surface area contributed by atoms with Crippen LogP contribution in [0.15, 0.2) is 11.6 Å². The highest BCUT2D eigenvalue weighted by atomic mass is 16.2. The maximum absolute atomic E-state index is 12.8. The normalized spacial score (nSPS) is 24.8. The fourth-order valence-electron chi connectivity index (χ4n) is 3.67. The number of aromatic nitrogens is 3. The molecule has 22 heavy (non-hydrogen) atoms. The molecule has 120 valence electrons. The maximum atomic E-state index is 12.8. The molecule has 0 spiro atoms. The standard InChI is InChI=1S/C17H26N4O/c1-11(2)9-12-15(17(12,3)4)16(22)20(5)10-14-19-18-13-7-6-8-21(13)14/h9,12,15H,6-8,10H2,1-5H3/t12-,15+/m1/s1. The van der Waals surface area contributed by atoms with Crippen molar-refractivity contribution in [3.8, 4) is 0 Å². The zero-order valence-electron chi connectivity index (χ0n) is 14.3. The number of amides is 1. The Bertz CT molecular complexity index is 625. The fourth-order valence-corrected chi connectivity index (χ4v) is 3.67. The topological polar surface area (TPSA) is 51.0 Å². The third kappa shape index (κ3) is 2.46. The second-order valence-corrected chi connectivity index (χ2v) is 7.55. The van der Waals surface area contributed by atoms with Crippen molar-refractivity contribution < 1.29 is 4.79 Å². The quantitative estimate of drug-likeness (QED) is 0.803. The van der Waals surface area contributed by atoms with Crippen molar-refractivity contribution in [2.45, 2.75) is 53.6 Å². The molecule has 1 aliphatic carbocycles. The molecule has 0 aromatic carbocycles. The molecule has 1 aromatic heterocycles. The lowest BCUT2D eigenvalue weighted by Crippen LogP contribution is -2.30. The van der Waals surface area contributed by atoms with Gasteiger partial charge >= 0.3 is 0 Å². The Kier molecular flexibility index (Phi) is 3.62. The highest BCUT2D eigenvalue weighted by molar-refractivity contribution is 5.83. The molecule has 5 nitrogen and oxygen atoms in total. The first-order valence-corrected chi connectivity index (χ1v) is 8.13. The van der Waals surface area contributed by atoms with E-state index in [9.17, 15) is 4.79 Å². The number of rotatable bonds is 4. The van der Waals surface area contributed by atoms with Gasteiger partial charge in [0.05, 0.1) is 12.5 Å². The smallest absolute Gasteiger partial charge is 0.227 e. The molecule has 1 aliphatic heterocycles. The third-order valence-corrected chi connectivity index (χ3v) is 5.13.